The monoisotopic (exact) mass is 269 g/mol. The Morgan fingerprint density at radius 2 is 2.00 bits per heavy atom. The largest absolute Gasteiger partial charge is 0.360 e. The average Bonchev–Trinajstić information content (AvgIpc) is 3.17. The molecule has 0 bridgehead atoms. The highest BCUT2D eigenvalue weighted by atomic mass is 35.5. The summed E-state index contributed by atoms with van der Waals surface area (Å²) in [5, 5.41) is 1.81. The molecule has 94 valence electrons. The van der Waals surface area contributed by atoms with Crippen molar-refractivity contribution in [3.05, 3.63) is 47.5 Å². The number of hydrogen-bond donors (Lipinski definition) is 1. The lowest BCUT2D eigenvalue weighted by Gasteiger charge is -2.05. The lowest BCUT2D eigenvalue weighted by Crippen LogP contribution is -1.91. The topological polar surface area (TPSA) is 41.6 Å². The van der Waals surface area contributed by atoms with Gasteiger partial charge >= 0.3 is 0 Å². The van der Waals surface area contributed by atoms with Crippen LogP contribution in [-0.4, -0.2) is 15.0 Å². The molecular formula is C15H12ClN3. The first-order chi connectivity index (χ1) is 9.33. The van der Waals surface area contributed by atoms with Gasteiger partial charge in [0.05, 0.1) is 28.1 Å². The molecule has 19 heavy (non-hydrogen) atoms. The Labute approximate surface area is 115 Å². The normalized spacial score (nSPS) is 15.0. The van der Waals surface area contributed by atoms with E-state index in [0.29, 0.717) is 5.92 Å². The van der Waals surface area contributed by atoms with Crippen molar-refractivity contribution in [1.29, 1.82) is 0 Å². The first-order valence-corrected chi connectivity index (χ1v) is 6.78. The van der Waals surface area contributed by atoms with E-state index >= 15 is 0 Å². The minimum absolute atomic E-state index is 0.638. The lowest BCUT2D eigenvalue weighted by molar-refractivity contribution is 0.991. The maximum Gasteiger partial charge on any atom is 0.0892 e. The summed E-state index contributed by atoms with van der Waals surface area (Å²) in [6.07, 6.45) is 8.16. The van der Waals surface area contributed by atoms with E-state index in [-0.39, 0.29) is 0 Å². The molecule has 2 aromatic heterocycles. The van der Waals surface area contributed by atoms with E-state index < -0.39 is 0 Å². The van der Waals surface area contributed by atoms with Gasteiger partial charge in [0, 0.05) is 29.3 Å². The Kier molecular flexibility index (Phi) is 2.35. The third-order valence-corrected chi connectivity index (χ3v) is 3.93. The van der Waals surface area contributed by atoms with Crippen molar-refractivity contribution < 1.29 is 0 Å². The van der Waals surface area contributed by atoms with Crippen molar-refractivity contribution >= 4 is 22.5 Å². The molecule has 0 radical (unpaired) electrons. The van der Waals surface area contributed by atoms with Crippen LogP contribution < -0.4 is 0 Å². The maximum absolute atomic E-state index is 6.17. The molecule has 0 amide bonds. The highest BCUT2D eigenvalue weighted by Crippen LogP contribution is 2.39. The van der Waals surface area contributed by atoms with Crippen LogP contribution in [0, 0.1) is 0 Å². The number of fused-ring (bicyclic) bond motifs is 1. The van der Waals surface area contributed by atoms with Crippen LogP contribution in [0.25, 0.3) is 22.2 Å². The smallest absolute Gasteiger partial charge is 0.0892 e. The van der Waals surface area contributed by atoms with Crippen molar-refractivity contribution in [1.82, 2.24) is 15.0 Å². The summed E-state index contributed by atoms with van der Waals surface area (Å²) in [4.78, 5) is 12.2. The molecule has 1 aromatic carbocycles. The molecule has 4 rings (SSSR count). The van der Waals surface area contributed by atoms with Crippen LogP contribution in [0.3, 0.4) is 0 Å². The highest BCUT2D eigenvalue weighted by molar-refractivity contribution is 6.35. The third kappa shape index (κ3) is 1.81. The molecular weight excluding hydrogens is 258 g/mol. The van der Waals surface area contributed by atoms with Crippen molar-refractivity contribution in [2.75, 3.05) is 0 Å². The number of aromatic nitrogens is 3. The van der Waals surface area contributed by atoms with Crippen LogP contribution in [-0.2, 0) is 0 Å². The van der Waals surface area contributed by atoms with Crippen LogP contribution in [0.5, 0.6) is 0 Å². The second kappa shape index (κ2) is 4.07. The molecule has 1 N–H and O–H groups in total. The Morgan fingerprint density at radius 1 is 1.11 bits per heavy atom. The molecule has 1 fully saturated rings. The first-order valence-electron chi connectivity index (χ1n) is 6.41. The fourth-order valence-electron chi connectivity index (χ4n) is 2.41. The number of aromatic amines is 1. The van der Waals surface area contributed by atoms with Crippen molar-refractivity contribution in [3.8, 4) is 11.3 Å². The van der Waals surface area contributed by atoms with Crippen LogP contribution in [0.1, 0.15) is 24.5 Å². The van der Waals surface area contributed by atoms with Gasteiger partial charge in [-0.2, -0.15) is 0 Å². The van der Waals surface area contributed by atoms with Gasteiger partial charge in [0.25, 0.3) is 0 Å². The van der Waals surface area contributed by atoms with Crippen molar-refractivity contribution in [2.24, 2.45) is 0 Å². The zero-order chi connectivity index (χ0) is 12.8. The van der Waals surface area contributed by atoms with Gasteiger partial charge in [-0.05, 0) is 25.0 Å². The third-order valence-electron chi connectivity index (χ3n) is 3.62. The van der Waals surface area contributed by atoms with E-state index in [1.807, 2.05) is 36.8 Å². The molecule has 3 aromatic rings. The second-order valence-electron chi connectivity index (χ2n) is 4.96. The average molecular weight is 270 g/mol. The number of benzene rings is 1. The predicted molar refractivity (Wildman–Crippen MR) is 76.3 cm³/mol. The minimum atomic E-state index is 0.638. The standard InChI is InChI=1S/C15H12ClN3/c16-12-4-3-10(11-5-6-17-15(11)12)14-8-18-13(7-19-14)9-1-2-9/h3-9,17H,1-2H2. The van der Waals surface area contributed by atoms with E-state index in [1.165, 1.54) is 12.8 Å². The zero-order valence-electron chi connectivity index (χ0n) is 10.2. The van der Waals surface area contributed by atoms with E-state index in [4.69, 9.17) is 11.6 Å². The number of hydrogen-bond acceptors (Lipinski definition) is 2. The highest BCUT2D eigenvalue weighted by Gasteiger charge is 2.25. The Balaban J connectivity index is 1.84. The van der Waals surface area contributed by atoms with E-state index in [0.717, 1.165) is 32.9 Å². The summed E-state index contributed by atoms with van der Waals surface area (Å²) in [6, 6.07) is 5.92. The van der Waals surface area contributed by atoms with Gasteiger partial charge in [-0.25, -0.2) is 0 Å². The number of H-pyrrole nitrogens is 1. The fourth-order valence-corrected chi connectivity index (χ4v) is 2.63. The number of nitrogens with one attached hydrogen (secondary N) is 1. The zero-order valence-corrected chi connectivity index (χ0v) is 11.0. The number of rotatable bonds is 2. The van der Waals surface area contributed by atoms with E-state index in [9.17, 15) is 0 Å². The molecule has 1 aliphatic carbocycles. The van der Waals surface area contributed by atoms with Crippen molar-refractivity contribution in [2.45, 2.75) is 18.8 Å². The van der Waals surface area contributed by atoms with Gasteiger partial charge in [-0.3, -0.25) is 9.97 Å². The van der Waals surface area contributed by atoms with Crippen LogP contribution >= 0.6 is 11.6 Å². The molecule has 0 aliphatic heterocycles. The summed E-state index contributed by atoms with van der Waals surface area (Å²) < 4.78 is 0. The molecule has 1 saturated carbocycles. The Bertz CT molecular complexity index is 742. The second-order valence-corrected chi connectivity index (χ2v) is 5.37. The Hall–Kier alpha value is -1.87. The number of halogens is 1. The molecule has 1 aliphatic rings. The maximum atomic E-state index is 6.17. The summed E-state index contributed by atoms with van der Waals surface area (Å²) in [5.41, 5.74) is 4.02. The van der Waals surface area contributed by atoms with E-state index in [2.05, 4.69) is 15.0 Å². The van der Waals surface area contributed by atoms with Gasteiger partial charge in [0.1, 0.15) is 0 Å². The van der Waals surface area contributed by atoms with Gasteiger partial charge in [-0.1, -0.05) is 17.7 Å². The quantitative estimate of drug-likeness (QED) is 0.759. The lowest BCUT2D eigenvalue weighted by atomic mass is 10.1. The van der Waals surface area contributed by atoms with Crippen LogP contribution in [0.4, 0.5) is 0 Å². The van der Waals surface area contributed by atoms with Crippen LogP contribution in [0.2, 0.25) is 5.02 Å². The Morgan fingerprint density at radius 3 is 2.74 bits per heavy atom. The van der Waals surface area contributed by atoms with Gasteiger partial charge in [0.15, 0.2) is 0 Å². The summed E-state index contributed by atoms with van der Waals surface area (Å²) >= 11 is 6.17. The summed E-state index contributed by atoms with van der Waals surface area (Å²) in [7, 11) is 0. The molecule has 4 heteroatoms. The summed E-state index contributed by atoms with van der Waals surface area (Å²) in [6.45, 7) is 0. The van der Waals surface area contributed by atoms with Crippen molar-refractivity contribution in [3.63, 3.8) is 0 Å². The van der Waals surface area contributed by atoms with Gasteiger partial charge < -0.3 is 4.98 Å². The predicted octanol–water partition coefficient (Wildman–Crippen LogP) is 4.16. The minimum Gasteiger partial charge on any atom is -0.360 e. The summed E-state index contributed by atoms with van der Waals surface area (Å²) in [5.74, 6) is 0.638. The fraction of sp³-hybridized carbons (Fsp3) is 0.200. The molecule has 0 spiro atoms. The number of nitrogens with zero attached hydrogens (tertiary/aromatic N) is 2. The van der Waals surface area contributed by atoms with Crippen LogP contribution in [0.15, 0.2) is 36.8 Å². The molecule has 3 nitrogen and oxygen atoms in total. The first kappa shape index (κ1) is 11.0. The van der Waals surface area contributed by atoms with E-state index in [1.54, 1.807) is 0 Å². The molecule has 0 unspecified atom stereocenters. The SMILES string of the molecule is Clc1ccc(-c2cnc(C3CC3)cn2)c2cc[nH]c12. The molecule has 0 atom stereocenters. The molecule has 0 saturated heterocycles. The van der Waals surface area contributed by atoms with Gasteiger partial charge in [-0.15, -0.1) is 0 Å². The van der Waals surface area contributed by atoms with Gasteiger partial charge in [0.2, 0.25) is 0 Å². The molecule has 2 heterocycles.